The minimum atomic E-state index is -0.912. The van der Waals surface area contributed by atoms with Crippen molar-refractivity contribution in [1.82, 2.24) is 10.6 Å². The lowest BCUT2D eigenvalue weighted by atomic mass is 10.1. The lowest BCUT2D eigenvalue weighted by Crippen LogP contribution is -2.41. The topological polar surface area (TPSA) is 78.4 Å². The normalized spacial score (nSPS) is 12.3. The minimum Gasteiger partial charge on any atom is -0.481 e. The van der Waals surface area contributed by atoms with E-state index in [9.17, 15) is 9.59 Å². The highest BCUT2D eigenvalue weighted by molar-refractivity contribution is 5.75. The van der Waals surface area contributed by atoms with Gasteiger partial charge >= 0.3 is 12.0 Å². The van der Waals surface area contributed by atoms with Crippen molar-refractivity contribution < 1.29 is 14.7 Å². The van der Waals surface area contributed by atoms with Gasteiger partial charge in [-0.3, -0.25) is 4.79 Å². The van der Waals surface area contributed by atoms with Crippen LogP contribution in [-0.4, -0.2) is 29.7 Å². The summed E-state index contributed by atoms with van der Waals surface area (Å²) < 4.78 is 0. The maximum atomic E-state index is 11.2. The molecule has 0 aromatic rings. The van der Waals surface area contributed by atoms with Crippen LogP contribution >= 0.6 is 0 Å². The van der Waals surface area contributed by atoms with E-state index in [1.165, 1.54) is 0 Å². The molecule has 0 bridgehead atoms. The molecule has 2 amide bonds. The zero-order valence-electron chi connectivity index (χ0n) is 9.54. The Bertz CT molecular complexity index is 217. The van der Waals surface area contributed by atoms with E-state index in [2.05, 4.69) is 24.5 Å². The van der Waals surface area contributed by atoms with Gasteiger partial charge < -0.3 is 15.7 Å². The molecule has 0 aliphatic carbocycles. The Morgan fingerprint density at radius 2 is 1.87 bits per heavy atom. The summed E-state index contributed by atoms with van der Waals surface area (Å²) in [5.41, 5.74) is 0. The van der Waals surface area contributed by atoms with E-state index in [1.807, 2.05) is 6.92 Å². The van der Waals surface area contributed by atoms with E-state index in [1.54, 1.807) is 0 Å². The number of amides is 2. The second-order valence-electron chi connectivity index (χ2n) is 4.07. The van der Waals surface area contributed by atoms with Crippen molar-refractivity contribution in [3.05, 3.63) is 0 Å². The first-order valence-electron chi connectivity index (χ1n) is 5.18. The van der Waals surface area contributed by atoms with Gasteiger partial charge in [0.15, 0.2) is 0 Å². The number of aliphatic carboxylic acids is 1. The van der Waals surface area contributed by atoms with E-state index < -0.39 is 5.97 Å². The van der Waals surface area contributed by atoms with E-state index >= 15 is 0 Å². The summed E-state index contributed by atoms with van der Waals surface area (Å²) in [6.07, 6.45) is 0.859. The summed E-state index contributed by atoms with van der Waals surface area (Å²) in [6.45, 7) is 6.26. The molecule has 0 spiro atoms. The molecule has 88 valence electrons. The summed E-state index contributed by atoms with van der Waals surface area (Å²) in [6, 6.07) is -0.195. The van der Waals surface area contributed by atoms with Gasteiger partial charge in [-0.1, -0.05) is 13.8 Å². The smallest absolute Gasteiger partial charge is 0.315 e. The lowest BCUT2D eigenvalue weighted by molar-refractivity contribution is -0.136. The van der Waals surface area contributed by atoms with Crippen molar-refractivity contribution in [3.63, 3.8) is 0 Å². The van der Waals surface area contributed by atoms with E-state index in [0.29, 0.717) is 5.92 Å². The van der Waals surface area contributed by atoms with Gasteiger partial charge in [0.2, 0.25) is 0 Å². The number of carboxylic acid groups (broad SMARTS) is 1. The molecular formula is C10H20N2O3. The van der Waals surface area contributed by atoms with Crippen molar-refractivity contribution in [1.29, 1.82) is 0 Å². The van der Waals surface area contributed by atoms with Gasteiger partial charge in [0, 0.05) is 12.6 Å². The maximum Gasteiger partial charge on any atom is 0.315 e. The van der Waals surface area contributed by atoms with Crippen LogP contribution in [-0.2, 0) is 4.79 Å². The molecule has 1 atom stereocenters. The van der Waals surface area contributed by atoms with Crippen LogP contribution in [0.1, 0.15) is 33.6 Å². The lowest BCUT2D eigenvalue weighted by Gasteiger charge is -2.16. The van der Waals surface area contributed by atoms with Crippen LogP contribution in [0, 0.1) is 5.92 Å². The average Bonchev–Trinajstić information content (AvgIpc) is 2.00. The molecule has 5 nitrogen and oxygen atoms in total. The summed E-state index contributed by atoms with van der Waals surface area (Å²) in [5, 5.41) is 13.6. The molecule has 0 fully saturated rings. The number of carbonyl (C=O) groups excluding carboxylic acids is 1. The first kappa shape index (κ1) is 13.7. The Hall–Kier alpha value is -1.26. The first-order valence-corrected chi connectivity index (χ1v) is 5.18. The Balaban J connectivity index is 3.60. The van der Waals surface area contributed by atoms with Crippen LogP contribution in [0.2, 0.25) is 0 Å². The average molecular weight is 216 g/mol. The number of urea groups is 1. The molecule has 0 heterocycles. The zero-order chi connectivity index (χ0) is 11.8. The largest absolute Gasteiger partial charge is 0.481 e. The predicted octanol–water partition coefficient (Wildman–Crippen LogP) is 1.19. The van der Waals surface area contributed by atoms with Gasteiger partial charge in [-0.05, 0) is 19.3 Å². The Kier molecular flexibility index (Phi) is 6.49. The van der Waals surface area contributed by atoms with Crippen molar-refractivity contribution in [2.45, 2.75) is 39.7 Å². The molecule has 0 rings (SSSR count). The Labute approximate surface area is 90.2 Å². The number of nitrogens with one attached hydrogen (secondary N) is 2. The highest BCUT2D eigenvalue weighted by atomic mass is 16.4. The zero-order valence-corrected chi connectivity index (χ0v) is 9.54. The first-order chi connectivity index (χ1) is 6.91. The fourth-order valence-electron chi connectivity index (χ4n) is 1.32. The van der Waals surface area contributed by atoms with Crippen LogP contribution in [0.5, 0.6) is 0 Å². The third-order valence-corrected chi connectivity index (χ3v) is 1.83. The molecule has 0 aromatic carbocycles. The van der Waals surface area contributed by atoms with E-state index in [4.69, 9.17) is 5.11 Å². The molecule has 0 aliphatic rings. The number of carboxylic acids is 1. The molecule has 3 N–H and O–H groups in total. The number of rotatable bonds is 6. The van der Waals surface area contributed by atoms with Crippen molar-refractivity contribution >= 4 is 12.0 Å². The monoisotopic (exact) mass is 216 g/mol. The molecule has 0 saturated carbocycles. The van der Waals surface area contributed by atoms with Gasteiger partial charge in [-0.2, -0.15) is 0 Å². The maximum absolute atomic E-state index is 11.2. The SMILES string of the molecule is CC(C)CC(C)NC(=O)NCCC(=O)O. The van der Waals surface area contributed by atoms with Crippen molar-refractivity contribution in [2.24, 2.45) is 5.92 Å². The van der Waals surface area contributed by atoms with Crippen LogP contribution in [0.3, 0.4) is 0 Å². The van der Waals surface area contributed by atoms with Crippen LogP contribution < -0.4 is 10.6 Å². The van der Waals surface area contributed by atoms with Gasteiger partial charge in [-0.25, -0.2) is 4.79 Å². The van der Waals surface area contributed by atoms with Crippen LogP contribution in [0.15, 0.2) is 0 Å². The molecule has 0 aliphatic heterocycles. The summed E-state index contributed by atoms with van der Waals surface area (Å²) in [5.74, 6) is -0.384. The number of carbonyl (C=O) groups is 2. The Morgan fingerprint density at radius 3 is 2.33 bits per heavy atom. The van der Waals surface area contributed by atoms with Gasteiger partial charge in [-0.15, -0.1) is 0 Å². The third-order valence-electron chi connectivity index (χ3n) is 1.83. The minimum absolute atomic E-state index is 0.0496. The van der Waals surface area contributed by atoms with Crippen LogP contribution in [0.4, 0.5) is 4.79 Å². The number of hydrogen-bond donors (Lipinski definition) is 3. The standard InChI is InChI=1S/C10H20N2O3/c1-7(2)6-8(3)12-10(15)11-5-4-9(13)14/h7-8H,4-6H2,1-3H3,(H,13,14)(H2,11,12,15). The molecular weight excluding hydrogens is 196 g/mol. The van der Waals surface area contributed by atoms with Gasteiger partial charge in [0.1, 0.15) is 0 Å². The van der Waals surface area contributed by atoms with Crippen LogP contribution in [0.25, 0.3) is 0 Å². The van der Waals surface area contributed by atoms with Crippen molar-refractivity contribution in [3.8, 4) is 0 Å². The summed E-state index contributed by atoms with van der Waals surface area (Å²) in [4.78, 5) is 21.4. The molecule has 0 saturated heterocycles. The second-order valence-corrected chi connectivity index (χ2v) is 4.07. The molecule has 0 radical (unpaired) electrons. The summed E-state index contributed by atoms with van der Waals surface area (Å²) >= 11 is 0. The Morgan fingerprint density at radius 1 is 1.27 bits per heavy atom. The predicted molar refractivity (Wildman–Crippen MR) is 57.7 cm³/mol. The quantitative estimate of drug-likeness (QED) is 0.624. The van der Waals surface area contributed by atoms with E-state index in [-0.39, 0.29) is 25.0 Å². The van der Waals surface area contributed by atoms with Gasteiger partial charge in [0.25, 0.3) is 0 Å². The fourth-order valence-corrected chi connectivity index (χ4v) is 1.32. The number of hydrogen-bond acceptors (Lipinski definition) is 2. The molecule has 15 heavy (non-hydrogen) atoms. The third kappa shape index (κ3) is 9.05. The van der Waals surface area contributed by atoms with Gasteiger partial charge in [0.05, 0.1) is 6.42 Å². The molecule has 5 heteroatoms. The highest BCUT2D eigenvalue weighted by Gasteiger charge is 2.08. The van der Waals surface area contributed by atoms with Crippen molar-refractivity contribution in [2.75, 3.05) is 6.54 Å². The molecule has 1 unspecified atom stereocenters. The fraction of sp³-hybridized carbons (Fsp3) is 0.800. The highest BCUT2D eigenvalue weighted by Crippen LogP contribution is 2.03. The van der Waals surface area contributed by atoms with E-state index in [0.717, 1.165) is 6.42 Å². The summed E-state index contributed by atoms with van der Waals surface area (Å²) in [7, 11) is 0. The molecule has 0 aromatic heterocycles. The second kappa shape index (κ2) is 7.09.